The number of benzene rings is 3. The number of nitrogens with one attached hydrogen (secondary N) is 2. The molecule has 9 rings (SSSR count). The zero-order chi connectivity index (χ0) is 47.0. The highest BCUT2D eigenvalue weighted by atomic mass is 32.1. The first-order valence-electron chi connectivity index (χ1n) is 24.1. The van der Waals surface area contributed by atoms with E-state index in [2.05, 4.69) is 39.3 Å². The number of ether oxygens (including phenoxy) is 1. The van der Waals surface area contributed by atoms with Crippen LogP contribution in [0.25, 0.3) is 10.1 Å². The van der Waals surface area contributed by atoms with Crippen LogP contribution < -0.4 is 14.9 Å². The summed E-state index contributed by atoms with van der Waals surface area (Å²) >= 11 is 1.19. The van der Waals surface area contributed by atoms with Crippen LogP contribution in [0.1, 0.15) is 124 Å². The quantitative estimate of drug-likeness (QED) is 0.0832. The van der Waals surface area contributed by atoms with Gasteiger partial charge >= 0.3 is 13.5 Å². The van der Waals surface area contributed by atoms with Crippen LogP contribution in [0.4, 0.5) is 8.78 Å². The molecule has 2 N–H and O–H groups in total. The number of amides is 3. The van der Waals surface area contributed by atoms with Crippen LogP contribution in [0.15, 0.2) is 84.9 Å². The lowest BCUT2D eigenvalue weighted by Crippen LogP contribution is -2.60. The Kier molecular flexibility index (Phi) is 14.0. The third-order valence-electron chi connectivity index (χ3n) is 14.8. The van der Waals surface area contributed by atoms with Gasteiger partial charge in [0.05, 0.1) is 11.5 Å². The fourth-order valence-electron chi connectivity index (χ4n) is 11.1. The first-order chi connectivity index (χ1) is 32.3. The number of hydrogen-bond donors (Lipinski definition) is 2. The van der Waals surface area contributed by atoms with E-state index in [4.69, 9.17) is 9.26 Å². The van der Waals surface area contributed by atoms with E-state index in [-0.39, 0.29) is 59.3 Å². The van der Waals surface area contributed by atoms with Gasteiger partial charge in [0.1, 0.15) is 30.0 Å². The smallest absolute Gasteiger partial charge is 0.355 e. The molecule has 5 aliphatic rings. The minimum atomic E-state index is -4.48. The van der Waals surface area contributed by atoms with Gasteiger partial charge < -0.3 is 24.4 Å². The molecule has 2 aliphatic carbocycles. The Morgan fingerprint density at radius 3 is 2.36 bits per heavy atom. The Morgan fingerprint density at radius 2 is 1.67 bits per heavy atom. The molecule has 3 amide bonds. The Morgan fingerprint density at radius 1 is 0.940 bits per heavy atom. The van der Waals surface area contributed by atoms with Gasteiger partial charge in [-0.2, -0.15) is 0 Å². The molecule has 4 heterocycles. The van der Waals surface area contributed by atoms with E-state index >= 15 is 4.39 Å². The third kappa shape index (κ3) is 9.80. The van der Waals surface area contributed by atoms with Crippen molar-refractivity contribution in [2.24, 2.45) is 0 Å². The van der Waals surface area contributed by atoms with Crippen molar-refractivity contribution in [3.8, 4) is 5.75 Å². The SMILES string of the molecule is CCCOC(=O)[C@H](C)NP(=O)(Oc1ccccc1)[C@@H](F)c1ccc2sc(C(=O)N[C@H]3CC[C@H](N(CC)C4CC(F)C4)C[C@H]4CC[C@@H](C(=O)N5C[C@H](c6ccccc6)CC56CC6)N4C3=O)cc2c1. The van der Waals surface area contributed by atoms with Gasteiger partial charge in [0.25, 0.3) is 5.91 Å². The number of thiophene rings is 1. The van der Waals surface area contributed by atoms with Gasteiger partial charge in [0.2, 0.25) is 17.7 Å². The predicted octanol–water partition coefficient (Wildman–Crippen LogP) is 9.45. The Hall–Kier alpha value is -4.69. The molecule has 5 fully saturated rings. The first kappa shape index (κ1) is 47.4. The number of rotatable bonds is 16. The van der Waals surface area contributed by atoms with Crippen molar-refractivity contribution in [2.75, 3.05) is 19.7 Å². The van der Waals surface area contributed by atoms with Crippen molar-refractivity contribution >= 4 is 52.6 Å². The maximum absolute atomic E-state index is 16.7. The van der Waals surface area contributed by atoms with Gasteiger partial charge in [-0.05, 0) is 131 Å². The van der Waals surface area contributed by atoms with Crippen LogP contribution in [-0.2, 0) is 23.7 Å². The van der Waals surface area contributed by atoms with E-state index in [0.29, 0.717) is 72.9 Å². The molecular formula is C51H62F2N5O7PS. The van der Waals surface area contributed by atoms with E-state index < -0.39 is 49.6 Å². The number of likely N-dealkylation sites (tertiary alicyclic amines) is 1. The minimum Gasteiger partial charge on any atom is -0.465 e. The lowest BCUT2D eigenvalue weighted by atomic mass is 9.85. The van der Waals surface area contributed by atoms with E-state index in [1.807, 2.05) is 30.0 Å². The number of esters is 1. The molecule has 12 nitrogen and oxygen atoms in total. The normalized spacial score (nSPS) is 27.4. The summed E-state index contributed by atoms with van der Waals surface area (Å²) < 4.78 is 57.1. The van der Waals surface area contributed by atoms with Gasteiger partial charge in [0.15, 0.2) is 0 Å². The number of halogens is 2. The summed E-state index contributed by atoms with van der Waals surface area (Å²) in [6, 6.07) is 22.0. The molecule has 4 aromatic rings. The Balaban J connectivity index is 0.960. The number of fused-ring (bicyclic) bond motifs is 2. The van der Waals surface area contributed by atoms with Crippen LogP contribution in [-0.4, -0.2) is 106 Å². The van der Waals surface area contributed by atoms with Crippen LogP contribution in [0.3, 0.4) is 0 Å². The second-order valence-corrected chi connectivity index (χ2v) is 22.5. The fraction of sp³-hybridized carbons (Fsp3) is 0.529. The molecule has 0 radical (unpaired) electrons. The average molecular weight is 958 g/mol. The van der Waals surface area contributed by atoms with Crippen molar-refractivity contribution in [1.29, 1.82) is 0 Å². The lowest BCUT2D eigenvalue weighted by Gasteiger charge is -2.47. The number of hydrogen-bond acceptors (Lipinski definition) is 9. The first-order valence-corrected chi connectivity index (χ1v) is 26.7. The molecule has 16 heteroatoms. The second kappa shape index (κ2) is 19.7. The minimum absolute atomic E-state index is 0.00753. The van der Waals surface area contributed by atoms with Crippen molar-refractivity contribution in [1.82, 2.24) is 25.1 Å². The molecule has 1 unspecified atom stereocenters. The van der Waals surface area contributed by atoms with Gasteiger partial charge in [-0.1, -0.05) is 68.4 Å². The largest absolute Gasteiger partial charge is 0.465 e. The van der Waals surface area contributed by atoms with E-state index in [1.54, 1.807) is 42.5 Å². The number of carbonyl (C=O) groups excluding carboxylic acids is 4. The van der Waals surface area contributed by atoms with Gasteiger partial charge in [-0.25, -0.2) is 13.9 Å². The van der Waals surface area contributed by atoms with Crippen LogP contribution in [0, 0.1) is 0 Å². The zero-order valence-corrected chi connectivity index (χ0v) is 40.2. The van der Waals surface area contributed by atoms with Crippen molar-refractivity contribution in [3.63, 3.8) is 0 Å². The molecule has 0 bridgehead atoms. The lowest BCUT2D eigenvalue weighted by molar-refractivity contribution is -0.148. The monoisotopic (exact) mass is 957 g/mol. The summed E-state index contributed by atoms with van der Waals surface area (Å²) in [6.07, 6.45) is 6.40. The van der Waals surface area contributed by atoms with E-state index in [0.717, 1.165) is 25.8 Å². The van der Waals surface area contributed by atoms with Crippen molar-refractivity contribution in [3.05, 3.63) is 101 Å². The Labute approximate surface area is 395 Å². The molecular weight excluding hydrogens is 896 g/mol. The predicted molar refractivity (Wildman–Crippen MR) is 255 cm³/mol. The molecule has 358 valence electrons. The number of alkyl halides is 2. The highest BCUT2D eigenvalue weighted by molar-refractivity contribution is 7.57. The summed E-state index contributed by atoms with van der Waals surface area (Å²) in [5, 5.41) is 6.20. The molecule has 2 saturated carbocycles. The summed E-state index contributed by atoms with van der Waals surface area (Å²) in [5.74, 6) is -3.26. The van der Waals surface area contributed by atoms with Gasteiger partial charge in [-0.3, -0.25) is 28.6 Å². The van der Waals surface area contributed by atoms with Gasteiger partial charge in [-0.15, -0.1) is 11.3 Å². The average Bonchev–Trinajstić information content (AvgIpc) is 3.59. The van der Waals surface area contributed by atoms with E-state index in [1.165, 1.54) is 36.0 Å². The molecule has 3 aromatic carbocycles. The summed E-state index contributed by atoms with van der Waals surface area (Å²) in [7, 11) is -4.48. The maximum atomic E-state index is 16.7. The number of carbonyl (C=O) groups is 4. The van der Waals surface area contributed by atoms with E-state index in [9.17, 15) is 28.1 Å². The fourth-order valence-corrected chi connectivity index (χ4v) is 14.0. The van der Waals surface area contributed by atoms with Crippen LogP contribution in [0.5, 0.6) is 5.75 Å². The highest BCUT2D eigenvalue weighted by Crippen LogP contribution is 2.58. The summed E-state index contributed by atoms with van der Waals surface area (Å²) in [4.78, 5) is 63.4. The molecule has 67 heavy (non-hydrogen) atoms. The van der Waals surface area contributed by atoms with Crippen molar-refractivity contribution in [2.45, 2.75) is 151 Å². The van der Waals surface area contributed by atoms with Crippen LogP contribution in [0.2, 0.25) is 0 Å². The summed E-state index contributed by atoms with van der Waals surface area (Å²) in [6.45, 7) is 6.87. The number of nitrogens with zero attached hydrogens (tertiary/aromatic N) is 3. The van der Waals surface area contributed by atoms with Crippen LogP contribution >= 0.6 is 18.9 Å². The maximum Gasteiger partial charge on any atom is 0.355 e. The standard InChI is InChI=1S/C51H62F2N5O7PS/c1-4-24-64-50(62)32(3)55-66(63,65-41-14-10-7-11-15-41)46(53)34-16-21-44-35(25-34)26-45(67-44)47(59)54-42-19-17-38(56(5-2)40-27-37(52)28-40)29-39-18-20-43(58(39)48(42)60)49(61)57-31-36(30-51(57)22-23-51)33-12-8-6-9-13-33/h6-16,21,25-26,32,36-40,42-43,46H,4-5,17-20,22-24,27-31H2,1-3H3,(H,54,59)(H,55,63)/t32-,36+,37?,38-,39+,40?,42-,43-,46+,66?/m0/s1. The molecule has 3 aliphatic heterocycles. The Bertz CT molecular complexity index is 2490. The third-order valence-corrected chi connectivity index (χ3v) is 18.0. The second-order valence-electron chi connectivity index (χ2n) is 19.3. The van der Waals surface area contributed by atoms with Gasteiger partial charge in [0, 0.05) is 40.8 Å². The molecule has 1 aromatic heterocycles. The molecule has 1 spiro atoms. The summed E-state index contributed by atoms with van der Waals surface area (Å²) in [5.41, 5.74) is 1.05. The number of para-hydroxylation sites is 1. The zero-order valence-electron chi connectivity index (χ0n) is 38.5. The molecule has 3 saturated heterocycles. The topological polar surface area (TPSA) is 138 Å². The molecule has 8 atom stereocenters. The highest BCUT2D eigenvalue weighted by Gasteiger charge is 2.59. The van der Waals surface area contributed by atoms with Crippen molar-refractivity contribution < 1.29 is 41.8 Å².